The molecule has 0 amide bonds. The Morgan fingerprint density at radius 2 is 0.609 bits per heavy atom. The predicted molar refractivity (Wildman–Crippen MR) is 282 cm³/mol. The summed E-state index contributed by atoms with van der Waals surface area (Å²) in [5.41, 5.74) is 13.4. The predicted octanol–water partition coefficient (Wildman–Crippen LogP) is 18.9. The molecule has 10 rings (SSSR count). The van der Waals surface area contributed by atoms with Crippen LogP contribution in [0, 0.1) is 0 Å². The Bertz CT molecular complexity index is 2910. The van der Waals surface area contributed by atoms with Crippen LogP contribution in [0.15, 0.2) is 194 Å². The summed E-state index contributed by atoms with van der Waals surface area (Å²) in [5, 5.41) is 10.5. The van der Waals surface area contributed by atoms with Crippen LogP contribution in [-0.2, 0) is 31.7 Å². The molecule has 318 valence electrons. The molecule has 0 bridgehead atoms. The molecule has 0 aliphatic carbocycles. The Hall–Kier alpha value is -4.82. The molecule has 2 radical (unpaired) electrons. The number of rotatable bonds is 4. The van der Waals surface area contributed by atoms with E-state index in [0.717, 1.165) is 9.52 Å². The van der Waals surface area contributed by atoms with Crippen molar-refractivity contribution in [2.45, 2.75) is 65.5 Å². The molecule has 0 saturated heterocycles. The van der Waals surface area contributed by atoms with Gasteiger partial charge in [0.15, 0.2) is 0 Å². The third kappa shape index (κ3) is 10.5. The van der Waals surface area contributed by atoms with E-state index in [4.69, 9.17) is 17.0 Å². The van der Waals surface area contributed by atoms with Crippen molar-refractivity contribution in [3.05, 3.63) is 205 Å². The van der Waals surface area contributed by atoms with Gasteiger partial charge in [-0.2, -0.15) is 12.1 Å². The summed E-state index contributed by atoms with van der Waals surface area (Å²) >= 11 is -0.826. The fourth-order valence-corrected chi connectivity index (χ4v) is 8.63. The van der Waals surface area contributed by atoms with Gasteiger partial charge in [0.2, 0.25) is 0 Å². The molecule has 0 nitrogen and oxygen atoms in total. The molecule has 0 atom stereocenters. The molecule has 4 heteroatoms. The van der Waals surface area contributed by atoms with E-state index in [9.17, 15) is 0 Å². The van der Waals surface area contributed by atoms with Crippen LogP contribution in [0.2, 0.25) is 13.1 Å². The summed E-state index contributed by atoms with van der Waals surface area (Å²) in [6, 6.07) is 70.9. The molecule has 0 heterocycles. The fourth-order valence-electron chi connectivity index (χ4n) is 8.63. The van der Waals surface area contributed by atoms with Crippen LogP contribution in [0.5, 0.6) is 0 Å². The fraction of sp³-hybridized carbons (Fsp3) is 0.167. The molecule has 0 unspecified atom stereocenters. The monoisotopic (exact) mass is 964 g/mol. The van der Waals surface area contributed by atoms with Crippen molar-refractivity contribution in [1.82, 2.24) is 0 Å². The van der Waals surface area contributed by atoms with Crippen LogP contribution in [0.1, 0.15) is 52.7 Å². The average Bonchev–Trinajstić information content (AvgIpc) is 3.96. The summed E-state index contributed by atoms with van der Waals surface area (Å²) < 4.78 is 0. The molecular weight excluding hydrogens is 911 g/mol. The van der Waals surface area contributed by atoms with Gasteiger partial charge in [-0.3, -0.25) is 0 Å². The van der Waals surface area contributed by atoms with Crippen LogP contribution >= 0.6 is 17.0 Å². The molecule has 10 aromatic carbocycles. The van der Waals surface area contributed by atoms with Gasteiger partial charge in [0.05, 0.1) is 0 Å². The number of fused-ring (bicyclic) bond motifs is 4. The van der Waals surface area contributed by atoms with Crippen LogP contribution < -0.4 is 0 Å². The average molecular weight is 967 g/mol. The maximum absolute atomic E-state index is 4.93. The van der Waals surface area contributed by atoms with E-state index in [1.165, 1.54) is 98.7 Å². The molecule has 0 aliphatic rings. The Morgan fingerprint density at radius 3 is 0.938 bits per heavy atom. The summed E-state index contributed by atoms with van der Waals surface area (Å²) in [5.74, 6) is 0. The van der Waals surface area contributed by atoms with E-state index >= 15 is 0 Å². The van der Waals surface area contributed by atoms with Gasteiger partial charge in [-0.1, -0.05) is 211 Å². The van der Waals surface area contributed by atoms with Gasteiger partial charge < -0.3 is 0 Å². The number of hydrogen-bond acceptors (Lipinski definition) is 0. The Labute approximate surface area is 402 Å². The third-order valence-electron chi connectivity index (χ3n) is 11.8. The van der Waals surface area contributed by atoms with Gasteiger partial charge in [0.1, 0.15) is 0 Å². The summed E-state index contributed by atoms with van der Waals surface area (Å²) in [7, 11) is 11.0. The zero-order valence-corrected chi connectivity index (χ0v) is 43.2. The Kier molecular flexibility index (Phi) is 15.5. The van der Waals surface area contributed by atoms with Crippen LogP contribution in [0.25, 0.3) is 87.6 Å². The van der Waals surface area contributed by atoms with Gasteiger partial charge in [0, 0.05) is 9.52 Å². The van der Waals surface area contributed by atoms with Crippen LogP contribution in [-0.4, -0.2) is 9.52 Å². The molecule has 0 saturated carbocycles. The molecule has 0 aromatic heterocycles. The maximum atomic E-state index is 4.93. The Balaban J connectivity index is 0.000000171. The van der Waals surface area contributed by atoms with Gasteiger partial charge in [-0.25, -0.2) is 0 Å². The quantitative estimate of drug-likeness (QED) is 0.122. The number of hydrogen-bond donors (Lipinski definition) is 0. The van der Waals surface area contributed by atoms with Crippen molar-refractivity contribution in [1.29, 1.82) is 0 Å². The second kappa shape index (κ2) is 21.0. The van der Waals surface area contributed by atoms with Gasteiger partial charge in [-0.15, -0.1) is 69.1 Å². The molecule has 64 heavy (non-hydrogen) atoms. The van der Waals surface area contributed by atoms with Crippen molar-refractivity contribution in [3.63, 3.8) is 0 Å². The molecule has 0 spiro atoms. The first kappa shape index (κ1) is 47.2. The second-order valence-corrected chi connectivity index (χ2v) is 23.1. The van der Waals surface area contributed by atoms with E-state index in [-0.39, 0.29) is 10.8 Å². The third-order valence-corrected chi connectivity index (χ3v) is 11.8. The van der Waals surface area contributed by atoms with E-state index in [2.05, 4.69) is 249 Å². The van der Waals surface area contributed by atoms with Gasteiger partial charge in [0.25, 0.3) is 0 Å². The second-order valence-electron chi connectivity index (χ2n) is 18.3. The first-order valence-corrected chi connectivity index (χ1v) is 30.3. The van der Waals surface area contributed by atoms with Crippen molar-refractivity contribution < 1.29 is 20.8 Å². The van der Waals surface area contributed by atoms with Crippen molar-refractivity contribution in [3.8, 4) is 44.5 Å². The molecule has 0 N–H and O–H groups in total. The van der Waals surface area contributed by atoms with Crippen LogP contribution in [0.3, 0.4) is 0 Å². The Morgan fingerprint density at radius 1 is 0.359 bits per heavy atom. The van der Waals surface area contributed by atoms with Crippen molar-refractivity contribution in [2.75, 3.05) is 0 Å². The topological polar surface area (TPSA) is 0 Å². The first-order chi connectivity index (χ1) is 30.9. The zero-order valence-electron chi connectivity index (χ0n) is 38.2. The molecule has 0 aliphatic heterocycles. The summed E-state index contributed by atoms with van der Waals surface area (Å²) in [4.78, 5) is 0. The summed E-state index contributed by atoms with van der Waals surface area (Å²) in [6.07, 6.45) is 0. The van der Waals surface area contributed by atoms with Gasteiger partial charge in [-0.05, 0) is 65.8 Å². The zero-order chi connectivity index (χ0) is 45.4. The van der Waals surface area contributed by atoms with E-state index < -0.39 is 20.8 Å². The minimum absolute atomic E-state index is 0.144. The molecule has 10 aromatic rings. The van der Waals surface area contributed by atoms with Crippen molar-refractivity contribution >= 4 is 69.6 Å². The SMILES string of the molecule is CC(C)(C)c1cc2c(-c3ccccc3-c3cccc4ccccc34)cccc2[cH-]1.CC(C)(C)c1cc2c(-c3ccccc3-c3cccc4ccccc34)cccc2[cH-]1.C[Si]C.[Cl][Zr+2][Cl]. The van der Waals surface area contributed by atoms with E-state index in [1.807, 2.05) is 0 Å². The number of benzene rings is 8. The van der Waals surface area contributed by atoms with Crippen molar-refractivity contribution in [2.24, 2.45) is 0 Å². The normalized spacial score (nSPS) is 11.3. The van der Waals surface area contributed by atoms with Gasteiger partial charge >= 0.3 is 37.9 Å². The standard InChI is InChI=1S/2C29H25.C2H6Si.2ClH.Zr/c2*1-29(2,3)22-18-21-12-9-17-27(28(21)19-22)26-15-7-6-14-25(26)24-16-8-11-20-10-4-5-13-23(20)24;1-3-2;;;/h2*4-19H,1-3H3;1-2H3;2*1H;/q2*-1;;;;+4/p-2. The molecule has 0 fully saturated rings. The van der Waals surface area contributed by atoms with E-state index in [1.54, 1.807) is 0 Å². The summed E-state index contributed by atoms with van der Waals surface area (Å²) in [6.45, 7) is 18.0. The molecular formula is C60H56Cl2SiZr. The van der Waals surface area contributed by atoms with Crippen LogP contribution in [0.4, 0.5) is 0 Å². The first-order valence-electron chi connectivity index (χ1n) is 22.0. The number of halogens is 2. The minimum atomic E-state index is -0.826. The van der Waals surface area contributed by atoms with E-state index in [0.29, 0.717) is 0 Å².